The lowest BCUT2D eigenvalue weighted by molar-refractivity contribution is 0.0846. The molecule has 0 spiro atoms. The summed E-state index contributed by atoms with van der Waals surface area (Å²) in [6.07, 6.45) is 5.50. The zero-order chi connectivity index (χ0) is 13.2. The summed E-state index contributed by atoms with van der Waals surface area (Å²) in [5.41, 5.74) is 0. The van der Waals surface area contributed by atoms with Crippen LogP contribution in [0.4, 0.5) is 0 Å². The fourth-order valence-corrected chi connectivity index (χ4v) is 3.76. The minimum absolute atomic E-state index is 0.746. The lowest BCUT2D eigenvalue weighted by atomic mass is 9.96. The second kappa shape index (κ2) is 6.11. The van der Waals surface area contributed by atoms with E-state index in [1.807, 2.05) is 0 Å². The Kier molecular flexibility index (Phi) is 4.45. The van der Waals surface area contributed by atoms with E-state index in [4.69, 9.17) is 4.74 Å². The van der Waals surface area contributed by atoms with Crippen LogP contribution in [0.15, 0.2) is 0 Å². The molecule has 2 heterocycles. The maximum atomic E-state index is 5.56. The van der Waals surface area contributed by atoms with Crippen LogP contribution in [-0.4, -0.2) is 49.8 Å². The van der Waals surface area contributed by atoms with E-state index in [1.165, 1.54) is 45.3 Å². The van der Waals surface area contributed by atoms with Crippen LogP contribution in [-0.2, 0) is 4.74 Å². The largest absolute Gasteiger partial charge is 0.381 e. The van der Waals surface area contributed by atoms with Crippen LogP contribution in [0.25, 0.3) is 0 Å². The molecule has 3 atom stereocenters. The fourth-order valence-electron chi connectivity index (χ4n) is 3.76. The number of rotatable bonds is 5. The van der Waals surface area contributed by atoms with Gasteiger partial charge in [0.15, 0.2) is 0 Å². The van der Waals surface area contributed by atoms with Crippen molar-refractivity contribution in [3.05, 3.63) is 0 Å². The van der Waals surface area contributed by atoms with E-state index in [9.17, 15) is 0 Å². The van der Waals surface area contributed by atoms with Gasteiger partial charge in [-0.05, 0) is 43.4 Å². The molecule has 1 saturated carbocycles. The summed E-state index contributed by atoms with van der Waals surface area (Å²) in [6.45, 7) is 10.4. The molecule has 3 fully saturated rings. The van der Waals surface area contributed by atoms with Crippen molar-refractivity contribution < 1.29 is 4.74 Å². The van der Waals surface area contributed by atoms with Crippen LogP contribution >= 0.6 is 0 Å². The van der Waals surface area contributed by atoms with Gasteiger partial charge < -0.3 is 10.1 Å². The number of nitrogens with zero attached hydrogens (tertiary/aromatic N) is 1. The first-order valence-electron chi connectivity index (χ1n) is 8.27. The smallest absolute Gasteiger partial charge is 0.0507 e. The third-order valence-electron chi connectivity index (χ3n) is 5.01. The first kappa shape index (κ1) is 13.8. The van der Waals surface area contributed by atoms with Crippen molar-refractivity contribution in [3.8, 4) is 0 Å². The van der Waals surface area contributed by atoms with E-state index < -0.39 is 0 Å². The van der Waals surface area contributed by atoms with Crippen LogP contribution in [0.3, 0.4) is 0 Å². The Morgan fingerprint density at radius 2 is 2.11 bits per heavy atom. The highest BCUT2D eigenvalue weighted by molar-refractivity contribution is 4.95. The van der Waals surface area contributed by atoms with E-state index in [-0.39, 0.29) is 0 Å². The van der Waals surface area contributed by atoms with Crippen LogP contribution in [0, 0.1) is 17.8 Å². The van der Waals surface area contributed by atoms with E-state index >= 15 is 0 Å². The van der Waals surface area contributed by atoms with Crippen molar-refractivity contribution in [2.75, 3.05) is 32.8 Å². The molecule has 0 amide bonds. The van der Waals surface area contributed by atoms with Gasteiger partial charge in [0, 0.05) is 38.3 Å². The molecule has 2 saturated heterocycles. The lowest BCUT2D eigenvalue weighted by Crippen LogP contribution is -2.58. The summed E-state index contributed by atoms with van der Waals surface area (Å²) in [5, 5.41) is 3.82. The molecule has 0 aromatic carbocycles. The molecule has 1 aliphatic carbocycles. The molecule has 0 bridgehead atoms. The van der Waals surface area contributed by atoms with E-state index in [2.05, 4.69) is 24.1 Å². The summed E-state index contributed by atoms with van der Waals surface area (Å²) in [7, 11) is 0. The predicted molar refractivity (Wildman–Crippen MR) is 78.3 cm³/mol. The molecule has 19 heavy (non-hydrogen) atoms. The first-order valence-corrected chi connectivity index (χ1v) is 8.27. The maximum absolute atomic E-state index is 5.56. The van der Waals surface area contributed by atoms with Gasteiger partial charge in [-0.3, -0.25) is 4.90 Å². The maximum Gasteiger partial charge on any atom is 0.0507 e. The van der Waals surface area contributed by atoms with Gasteiger partial charge in [0.25, 0.3) is 0 Å². The highest BCUT2D eigenvalue weighted by atomic mass is 16.5. The summed E-state index contributed by atoms with van der Waals surface area (Å²) < 4.78 is 5.56. The highest BCUT2D eigenvalue weighted by Gasteiger charge is 2.38. The zero-order valence-electron chi connectivity index (χ0n) is 12.6. The molecule has 3 aliphatic rings. The Bertz CT molecular complexity index is 282. The number of nitrogens with one attached hydrogen (secondary N) is 1. The zero-order valence-corrected chi connectivity index (χ0v) is 12.6. The van der Waals surface area contributed by atoms with Crippen molar-refractivity contribution >= 4 is 0 Å². The number of ether oxygens (including phenoxy) is 1. The molecule has 1 N–H and O–H groups in total. The molecule has 110 valence electrons. The second-order valence-electron chi connectivity index (χ2n) is 7.32. The van der Waals surface area contributed by atoms with E-state index in [1.54, 1.807) is 0 Å². The van der Waals surface area contributed by atoms with Gasteiger partial charge in [0.2, 0.25) is 0 Å². The topological polar surface area (TPSA) is 24.5 Å². The molecule has 3 rings (SSSR count). The molecule has 0 aromatic heterocycles. The number of hydrogen-bond donors (Lipinski definition) is 1. The Labute approximate surface area is 118 Å². The van der Waals surface area contributed by atoms with Crippen molar-refractivity contribution in [1.29, 1.82) is 0 Å². The third-order valence-corrected chi connectivity index (χ3v) is 5.01. The molecule has 2 aliphatic heterocycles. The quantitative estimate of drug-likeness (QED) is 0.825. The van der Waals surface area contributed by atoms with Crippen LogP contribution in [0.2, 0.25) is 0 Å². The van der Waals surface area contributed by atoms with E-state index in [0.29, 0.717) is 0 Å². The van der Waals surface area contributed by atoms with Gasteiger partial charge in [-0.1, -0.05) is 13.8 Å². The Morgan fingerprint density at radius 3 is 2.74 bits per heavy atom. The van der Waals surface area contributed by atoms with E-state index in [0.717, 1.165) is 43.1 Å². The average molecular weight is 266 g/mol. The molecule has 3 nitrogen and oxygen atoms in total. The first-order chi connectivity index (χ1) is 9.22. The van der Waals surface area contributed by atoms with Gasteiger partial charge >= 0.3 is 0 Å². The fraction of sp³-hybridized carbons (Fsp3) is 1.00. The minimum atomic E-state index is 0.746. The summed E-state index contributed by atoms with van der Waals surface area (Å²) in [4.78, 5) is 2.79. The molecule has 0 aromatic rings. The summed E-state index contributed by atoms with van der Waals surface area (Å²) in [6, 6.07) is 1.52. The average Bonchev–Trinajstić information content (AvgIpc) is 3.10. The normalized spacial score (nSPS) is 37.1. The van der Waals surface area contributed by atoms with Crippen molar-refractivity contribution in [1.82, 2.24) is 10.2 Å². The minimum Gasteiger partial charge on any atom is -0.381 e. The Morgan fingerprint density at radius 1 is 1.26 bits per heavy atom. The summed E-state index contributed by atoms with van der Waals surface area (Å²) in [5.74, 6) is 2.56. The van der Waals surface area contributed by atoms with Gasteiger partial charge in [0.1, 0.15) is 0 Å². The number of hydrogen-bond acceptors (Lipinski definition) is 3. The molecule has 3 unspecified atom stereocenters. The molecule has 0 radical (unpaired) electrons. The van der Waals surface area contributed by atoms with Gasteiger partial charge in [-0.15, -0.1) is 0 Å². The standard InChI is InChI=1S/C16H30N2O/c1-12(2)7-15-8-17-16(14-3-4-14)10-18(15)9-13-5-6-19-11-13/h12-17H,3-11H2,1-2H3. The van der Waals surface area contributed by atoms with Crippen molar-refractivity contribution in [3.63, 3.8) is 0 Å². The monoisotopic (exact) mass is 266 g/mol. The lowest BCUT2D eigenvalue weighted by Gasteiger charge is -2.42. The van der Waals surface area contributed by atoms with Crippen molar-refractivity contribution in [2.24, 2.45) is 17.8 Å². The highest BCUT2D eigenvalue weighted by Crippen LogP contribution is 2.35. The molecule has 3 heteroatoms. The third kappa shape index (κ3) is 3.71. The molecular weight excluding hydrogens is 236 g/mol. The van der Waals surface area contributed by atoms with Gasteiger partial charge in [0.05, 0.1) is 6.61 Å². The SMILES string of the molecule is CC(C)CC1CNC(C2CC2)CN1CC1CCOC1. The molecular formula is C16H30N2O. The second-order valence-corrected chi connectivity index (χ2v) is 7.32. The van der Waals surface area contributed by atoms with Crippen LogP contribution in [0.1, 0.15) is 39.5 Å². The van der Waals surface area contributed by atoms with Gasteiger partial charge in [-0.2, -0.15) is 0 Å². The Balaban J connectivity index is 1.58. The Hall–Kier alpha value is -0.120. The van der Waals surface area contributed by atoms with Crippen LogP contribution < -0.4 is 5.32 Å². The van der Waals surface area contributed by atoms with Crippen molar-refractivity contribution in [2.45, 2.75) is 51.6 Å². The summed E-state index contributed by atoms with van der Waals surface area (Å²) >= 11 is 0. The predicted octanol–water partition coefficient (Wildman–Crippen LogP) is 2.12. The van der Waals surface area contributed by atoms with Gasteiger partial charge in [-0.25, -0.2) is 0 Å². The number of piperazine rings is 1. The van der Waals surface area contributed by atoms with Crippen LogP contribution in [0.5, 0.6) is 0 Å².